The van der Waals surface area contributed by atoms with E-state index in [0.29, 0.717) is 30.2 Å². The van der Waals surface area contributed by atoms with Crippen LogP contribution in [0.1, 0.15) is 16.7 Å². The third-order valence-electron chi connectivity index (χ3n) is 4.21. The zero-order valence-corrected chi connectivity index (χ0v) is 17.3. The second kappa shape index (κ2) is 9.92. The van der Waals surface area contributed by atoms with Crippen molar-refractivity contribution >= 4 is 40.8 Å². The molecular formula is C20H21FIN5. The second-order valence-electron chi connectivity index (χ2n) is 5.88. The molecule has 0 saturated carbocycles. The number of benzene rings is 2. The van der Waals surface area contributed by atoms with Crippen molar-refractivity contribution in [2.45, 2.75) is 13.0 Å². The molecule has 0 saturated heterocycles. The van der Waals surface area contributed by atoms with Gasteiger partial charge in [0, 0.05) is 42.8 Å². The van der Waals surface area contributed by atoms with Gasteiger partial charge in [0.05, 0.1) is 11.6 Å². The molecule has 3 aromatic rings. The van der Waals surface area contributed by atoms with Crippen LogP contribution in [0.15, 0.2) is 53.7 Å². The number of nitrogens with zero attached hydrogens (tertiary/aromatic N) is 2. The van der Waals surface area contributed by atoms with E-state index in [1.165, 1.54) is 17.0 Å². The van der Waals surface area contributed by atoms with Gasteiger partial charge in [-0.2, -0.15) is 5.26 Å². The molecule has 7 heteroatoms. The maximum atomic E-state index is 13.9. The van der Waals surface area contributed by atoms with E-state index in [1.807, 2.05) is 24.4 Å². The van der Waals surface area contributed by atoms with E-state index in [2.05, 4.69) is 32.7 Å². The van der Waals surface area contributed by atoms with Gasteiger partial charge in [-0.25, -0.2) is 4.39 Å². The lowest BCUT2D eigenvalue weighted by molar-refractivity contribution is 0.604. The van der Waals surface area contributed by atoms with Crippen molar-refractivity contribution in [3.63, 3.8) is 0 Å². The highest BCUT2D eigenvalue weighted by atomic mass is 127. The standard InChI is InChI=1S/C20H20FN5.HI/c1-23-20(26-13-16-7-6-14(11-22)10-18(16)21)24-9-8-15-12-25-19-5-3-2-4-17(15)19;/h2-7,10,12,25H,8-9,13H2,1H3,(H2,23,24,26);1H. The third-order valence-corrected chi connectivity index (χ3v) is 4.21. The van der Waals surface area contributed by atoms with E-state index in [9.17, 15) is 4.39 Å². The number of halogens is 2. The van der Waals surface area contributed by atoms with Gasteiger partial charge < -0.3 is 15.6 Å². The predicted molar refractivity (Wildman–Crippen MR) is 117 cm³/mol. The zero-order chi connectivity index (χ0) is 18.4. The number of para-hydroxylation sites is 1. The van der Waals surface area contributed by atoms with Gasteiger partial charge in [0.1, 0.15) is 5.82 Å². The van der Waals surface area contributed by atoms with Gasteiger partial charge in [-0.1, -0.05) is 24.3 Å². The van der Waals surface area contributed by atoms with Crippen molar-refractivity contribution < 1.29 is 4.39 Å². The van der Waals surface area contributed by atoms with Crippen LogP contribution in [0.3, 0.4) is 0 Å². The lowest BCUT2D eigenvalue weighted by Gasteiger charge is -2.12. The van der Waals surface area contributed by atoms with Crippen molar-refractivity contribution in [3.8, 4) is 6.07 Å². The third kappa shape index (κ3) is 5.20. The molecule has 140 valence electrons. The number of nitrogens with one attached hydrogen (secondary N) is 3. The van der Waals surface area contributed by atoms with E-state index >= 15 is 0 Å². The molecule has 0 unspecified atom stereocenters. The van der Waals surface area contributed by atoms with Crippen molar-refractivity contribution in [3.05, 3.63) is 71.2 Å². The molecule has 27 heavy (non-hydrogen) atoms. The van der Waals surface area contributed by atoms with Crippen LogP contribution in [-0.2, 0) is 13.0 Å². The molecule has 0 amide bonds. The number of aliphatic imine (C=N–C) groups is 1. The van der Waals surface area contributed by atoms with Gasteiger partial charge >= 0.3 is 0 Å². The molecule has 0 bridgehead atoms. The number of H-pyrrole nitrogens is 1. The fourth-order valence-corrected chi connectivity index (χ4v) is 2.81. The molecule has 0 aliphatic heterocycles. The number of rotatable bonds is 5. The van der Waals surface area contributed by atoms with E-state index in [4.69, 9.17) is 5.26 Å². The normalized spacial score (nSPS) is 10.9. The van der Waals surface area contributed by atoms with E-state index in [0.717, 1.165) is 11.9 Å². The highest BCUT2D eigenvalue weighted by molar-refractivity contribution is 14.0. The highest BCUT2D eigenvalue weighted by Crippen LogP contribution is 2.17. The van der Waals surface area contributed by atoms with Crippen LogP contribution in [-0.4, -0.2) is 24.5 Å². The number of aromatic amines is 1. The molecule has 3 rings (SSSR count). The molecule has 0 spiro atoms. The lowest BCUT2D eigenvalue weighted by Crippen LogP contribution is -2.38. The van der Waals surface area contributed by atoms with Crippen LogP contribution in [0.4, 0.5) is 4.39 Å². The summed E-state index contributed by atoms with van der Waals surface area (Å²) >= 11 is 0. The summed E-state index contributed by atoms with van der Waals surface area (Å²) in [5.74, 6) is 0.208. The Kier molecular flexibility index (Phi) is 7.61. The van der Waals surface area contributed by atoms with Crippen molar-refractivity contribution in [1.29, 1.82) is 5.26 Å². The summed E-state index contributed by atoms with van der Waals surface area (Å²) in [5, 5.41) is 16.3. The highest BCUT2D eigenvalue weighted by Gasteiger charge is 2.06. The monoisotopic (exact) mass is 477 g/mol. The molecule has 5 nitrogen and oxygen atoms in total. The second-order valence-corrected chi connectivity index (χ2v) is 5.88. The fourth-order valence-electron chi connectivity index (χ4n) is 2.81. The molecule has 1 aromatic heterocycles. The Balaban J connectivity index is 0.00000261. The number of nitriles is 1. The largest absolute Gasteiger partial charge is 0.361 e. The maximum Gasteiger partial charge on any atom is 0.191 e. The maximum absolute atomic E-state index is 13.9. The smallest absolute Gasteiger partial charge is 0.191 e. The van der Waals surface area contributed by atoms with Crippen LogP contribution in [0.25, 0.3) is 10.9 Å². The van der Waals surface area contributed by atoms with Gasteiger partial charge in [0.2, 0.25) is 0 Å². The molecule has 0 aliphatic rings. The molecule has 2 aromatic carbocycles. The molecule has 0 radical (unpaired) electrons. The van der Waals surface area contributed by atoms with Crippen LogP contribution in [0.5, 0.6) is 0 Å². The Bertz CT molecular complexity index is 974. The van der Waals surface area contributed by atoms with Gasteiger partial charge in [0.15, 0.2) is 5.96 Å². The predicted octanol–water partition coefficient (Wildman–Crippen LogP) is 3.70. The van der Waals surface area contributed by atoms with E-state index in [-0.39, 0.29) is 24.0 Å². The summed E-state index contributed by atoms with van der Waals surface area (Å²) in [7, 11) is 1.68. The lowest BCUT2D eigenvalue weighted by atomic mass is 10.1. The van der Waals surface area contributed by atoms with Gasteiger partial charge in [-0.05, 0) is 30.2 Å². The summed E-state index contributed by atoms with van der Waals surface area (Å²) in [6.07, 6.45) is 2.87. The molecular weight excluding hydrogens is 456 g/mol. The average molecular weight is 477 g/mol. The van der Waals surface area contributed by atoms with Crippen molar-refractivity contribution in [2.24, 2.45) is 4.99 Å². The first-order chi connectivity index (χ1) is 12.7. The fraction of sp³-hybridized carbons (Fsp3) is 0.200. The molecule has 0 fully saturated rings. The topological polar surface area (TPSA) is 76.0 Å². The van der Waals surface area contributed by atoms with Crippen LogP contribution in [0, 0.1) is 17.1 Å². The van der Waals surface area contributed by atoms with Crippen molar-refractivity contribution in [2.75, 3.05) is 13.6 Å². The Morgan fingerprint density at radius 2 is 2.00 bits per heavy atom. The number of guanidine groups is 1. The Morgan fingerprint density at radius 1 is 1.19 bits per heavy atom. The molecule has 0 aliphatic carbocycles. The quantitative estimate of drug-likeness (QED) is 0.298. The zero-order valence-electron chi connectivity index (χ0n) is 14.9. The average Bonchev–Trinajstić information content (AvgIpc) is 3.08. The Hall–Kier alpha value is -2.60. The van der Waals surface area contributed by atoms with Gasteiger partial charge in [0.25, 0.3) is 0 Å². The number of hydrogen-bond acceptors (Lipinski definition) is 2. The summed E-state index contributed by atoms with van der Waals surface area (Å²) in [5.41, 5.74) is 3.17. The first-order valence-electron chi connectivity index (χ1n) is 8.39. The Morgan fingerprint density at radius 3 is 2.74 bits per heavy atom. The Labute approximate surface area is 174 Å². The summed E-state index contributed by atoms with van der Waals surface area (Å²) in [6, 6.07) is 14.6. The van der Waals surface area contributed by atoms with Crippen LogP contribution < -0.4 is 10.6 Å². The van der Waals surface area contributed by atoms with E-state index in [1.54, 1.807) is 19.2 Å². The SMILES string of the molecule is CN=C(NCCc1c[nH]c2ccccc12)NCc1ccc(C#N)cc1F.I. The van der Waals surface area contributed by atoms with Crippen molar-refractivity contribution in [1.82, 2.24) is 15.6 Å². The van der Waals surface area contributed by atoms with Crippen LogP contribution >= 0.6 is 24.0 Å². The summed E-state index contributed by atoms with van der Waals surface area (Å²) in [6.45, 7) is 1.00. The molecule has 3 N–H and O–H groups in total. The summed E-state index contributed by atoms with van der Waals surface area (Å²) in [4.78, 5) is 7.42. The van der Waals surface area contributed by atoms with Gasteiger partial charge in [-0.3, -0.25) is 4.99 Å². The van der Waals surface area contributed by atoms with Crippen LogP contribution in [0.2, 0.25) is 0 Å². The number of aromatic nitrogens is 1. The minimum atomic E-state index is -0.397. The summed E-state index contributed by atoms with van der Waals surface area (Å²) < 4.78 is 13.9. The number of fused-ring (bicyclic) bond motifs is 1. The number of hydrogen-bond donors (Lipinski definition) is 3. The first kappa shape index (κ1) is 20.7. The minimum Gasteiger partial charge on any atom is -0.361 e. The minimum absolute atomic E-state index is 0. The first-order valence-corrected chi connectivity index (χ1v) is 8.39. The molecule has 0 atom stereocenters. The van der Waals surface area contributed by atoms with Gasteiger partial charge in [-0.15, -0.1) is 24.0 Å². The van der Waals surface area contributed by atoms with E-state index < -0.39 is 5.82 Å². The molecule has 1 heterocycles.